The minimum atomic E-state index is 0.471. The van der Waals surface area contributed by atoms with Crippen molar-refractivity contribution in [3.05, 3.63) is 182 Å². The Morgan fingerprint density at radius 3 is 1.78 bits per heavy atom. The highest BCUT2D eigenvalue weighted by molar-refractivity contribution is 8.00. The van der Waals surface area contributed by atoms with E-state index < -0.39 is 0 Å². The lowest BCUT2D eigenvalue weighted by atomic mass is 9.91. The van der Waals surface area contributed by atoms with Gasteiger partial charge < -0.3 is 4.57 Å². The Balaban J connectivity index is 1.01. The number of para-hydroxylation sites is 1. The van der Waals surface area contributed by atoms with E-state index in [1.165, 1.54) is 92.4 Å². The standard InChI is InChI=1S/C49H35NS/c1-32-37(44-21-7-9-23-49(44)51-32)15-10-11-28-50-47-22-8-6-20-43(47)46-31-36(25-27-48(46)50)34-14-12-13-33(29-34)35-24-26-42-40-18-3-2-16-38(40)39-17-4-5-19-41(39)45(42)30-35/h2-27,29-32H,28H2,1H3/b11-10-,37-15+. The SMILES string of the molecule is CC1Sc2ccccc2/C1=C/C=C\Cn1c2ccccc2c2cc(-c3cccc(-c4ccc5c6ccccc6c6ccccc6c5c4)c3)ccc21. The van der Waals surface area contributed by atoms with Gasteiger partial charge in [-0.3, -0.25) is 0 Å². The van der Waals surface area contributed by atoms with Gasteiger partial charge in [0.2, 0.25) is 0 Å². The van der Waals surface area contributed by atoms with Crippen LogP contribution >= 0.6 is 11.8 Å². The molecule has 0 radical (unpaired) electrons. The summed E-state index contributed by atoms with van der Waals surface area (Å²) in [7, 11) is 0. The first kappa shape index (κ1) is 30.0. The van der Waals surface area contributed by atoms with E-state index in [2.05, 4.69) is 187 Å². The largest absolute Gasteiger partial charge is 0.337 e. The maximum atomic E-state index is 2.45. The second-order valence-electron chi connectivity index (χ2n) is 13.6. The second-order valence-corrected chi connectivity index (χ2v) is 15.0. The molecular formula is C49H35NS. The summed E-state index contributed by atoms with van der Waals surface area (Å²) in [6.45, 7) is 3.12. The summed E-state index contributed by atoms with van der Waals surface area (Å²) < 4.78 is 2.45. The molecule has 8 aromatic carbocycles. The molecule has 0 fully saturated rings. The Kier molecular flexibility index (Phi) is 7.18. The summed E-state index contributed by atoms with van der Waals surface area (Å²) in [5.74, 6) is 0. The first-order valence-corrected chi connectivity index (χ1v) is 18.7. The Hall–Kier alpha value is -5.83. The van der Waals surface area contributed by atoms with Crippen molar-refractivity contribution in [2.75, 3.05) is 0 Å². The number of nitrogens with zero attached hydrogens (tertiary/aromatic N) is 1. The van der Waals surface area contributed by atoms with Gasteiger partial charge in [0.25, 0.3) is 0 Å². The van der Waals surface area contributed by atoms with Crippen LogP contribution in [0.3, 0.4) is 0 Å². The minimum Gasteiger partial charge on any atom is -0.337 e. The first-order valence-electron chi connectivity index (χ1n) is 17.8. The molecule has 1 atom stereocenters. The van der Waals surface area contributed by atoms with Crippen LogP contribution in [0.4, 0.5) is 0 Å². The van der Waals surface area contributed by atoms with Crippen LogP contribution in [0.5, 0.6) is 0 Å². The van der Waals surface area contributed by atoms with Crippen molar-refractivity contribution < 1.29 is 0 Å². The zero-order valence-corrected chi connectivity index (χ0v) is 29.2. The molecule has 1 nitrogen and oxygen atoms in total. The zero-order valence-electron chi connectivity index (χ0n) is 28.4. The normalized spacial score (nSPS) is 15.3. The van der Waals surface area contributed by atoms with Gasteiger partial charge in [-0.2, -0.15) is 0 Å². The summed E-state index contributed by atoms with van der Waals surface area (Å²) in [6.07, 6.45) is 6.85. The fraction of sp³-hybridized carbons (Fsp3) is 0.0612. The van der Waals surface area contributed by atoms with E-state index in [1.54, 1.807) is 0 Å². The molecule has 10 rings (SSSR count). The summed E-state index contributed by atoms with van der Waals surface area (Å²) in [4.78, 5) is 1.38. The topological polar surface area (TPSA) is 4.93 Å². The third-order valence-corrected chi connectivity index (χ3v) is 11.9. The molecule has 0 spiro atoms. The number of allylic oxidation sites excluding steroid dienone is 3. The lowest BCUT2D eigenvalue weighted by Gasteiger charge is -2.12. The average molecular weight is 670 g/mol. The summed E-state index contributed by atoms with van der Waals surface area (Å²) in [5.41, 5.74) is 10.2. The molecule has 1 aromatic heterocycles. The van der Waals surface area contributed by atoms with E-state index in [9.17, 15) is 0 Å². The summed E-state index contributed by atoms with van der Waals surface area (Å²) in [6, 6.07) is 58.1. The quantitative estimate of drug-likeness (QED) is 0.165. The number of rotatable bonds is 5. The molecule has 0 bridgehead atoms. The molecule has 51 heavy (non-hydrogen) atoms. The number of hydrogen-bond acceptors (Lipinski definition) is 1. The number of benzene rings is 8. The van der Waals surface area contributed by atoms with Crippen LogP contribution in [-0.4, -0.2) is 9.82 Å². The van der Waals surface area contributed by atoms with Gasteiger partial charge in [0, 0.05) is 38.5 Å². The van der Waals surface area contributed by atoms with Crippen LogP contribution in [-0.2, 0) is 6.54 Å². The number of hydrogen-bond donors (Lipinski definition) is 0. The number of thioether (sulfide) groups is 1. The highest BCUT2D eigenvalue weighted by Crippen LogP contribution is 2.44. The fourth-order valence-electron chi connectivity index (χ4n) is 8.24. The van der Waals surface area contributed by atoms with Crippen molar-refractivity contribution in [2.45, 2.75) is 23.6 Å². The zero-order chi connectivity index (χ0) is 33.9. The smallest absolute Gasteiger partial charge is 0.0494 e. The fourth-order valence-corrected chi connectivity index (χ4v) is 9.42. The summed E-state index contributed by atoms with van der Waals surface area (Å²) in [5, 5.41) is 10.9. The van der Waals surface area contributed by atoms with Crippen LogP contribution < -0.4 is 0 Å². The van der Waals surface area contributed by atoms with E-state index in [4.69, 9.17) is 0 Å². The van der Waals surface area contributed by atoms with Crippen molar-refractivity contribution in [3.63, 3.8) is 0 Å². The Morgan fingerprint density at radius 2 is 1.04 bits per heavy atom. The Bertz CT molecular complexity index is 2850. The lowest BCUT2D eigenvalue weighted by Crippen LogP contribution is -1.95. The maximum absolute atomic E-state index is 2.45. The van der Waals surface area contributed by atoms with Crippen molar-refractivity contribution in [1.82, 2.24) is 4.57 Å². The van der Waals surface area contributed by atoms with Gasteiger partial charge in [-0.25, -0.2) is 0 Å². The van der Waals surface area contributed by atoms with E-state index in [-0.39, 0.29) is 0 Å². The van der Waals surface area contributed by atoms with Crippen LogP contribution in [0.2, 0.25) is 0 Å². The second kappa shape index (κ2) is 12.2. The monoisotopic (exact) mass is 669 g/mol. The third-order valence-electron chi connectivity index (χ3n) is 10.7. The number of aromatic nitrogens is 1. The molecule has 1 unspecified atom stereocenters. The lowest BCUT2D eigenvalue weighted by molar-refractivity contribution is 0.899. The van der Waals surface area contributed by atoms with Gasteiger partial charge >= 0.3 is 0 Å². The van der Waals surface area contributed by atoms with Gasteiger partial charge in [-0.1, -0.05) is 140 Å². The molecule has 0 aliphatic carbocycles. The number of fused-ring (bicyclic) bond motifs is 10. The maximum Gasteiger partial charge on any atom is 0.0494 e. The van der Waals surface area contributed by atoms with Crippen LogP contribution in [0.25, 0.3) is 82.0 Å². The molecule has 0 saturated heterocycles. The average Bonchev–Trinajstić information content (AvgIpc) is 3.69. The highest BCUT2D eigenvalue weighted by atomic mass is 32.2. The third kappa shape index (κ3) is 5.01. The molecule has 242 valence electrons. The molecule has 9 aromatic rings. The molecule has 0 amide bonds. The predicted molar refractivity (Wildman–Crippen MR) is 222 cm³/mol. The molecule has 0 N–H and O–H groups in total. The molecule has 1 aliphatic heterocycles. The Labute approximate surface area is 302 Å². The van der Waals surface area contributed by atoms with E-state index >= 15 is 0 Å². The minimum absolute atomic E-state index is 0.471. The van der Waals surface area contributed by atoms with Crippen molar-refractivity contribution >= 4 is 71.5 Å². The van der Waals surface area contributed by atoms with Crippen molar-refractivity contribution in [2.24, 2.45) is 0 Å². The van der Waals surface area contributed by atoms with E-state index in [1.807, 2.05) is 11.8 Å². The molecule has 0 saturated carbocycles. The van der Waals surface area contributed by atoms with Gasteiger partial charge in [-0.05, 0) is 109 Å². The van der Waals surface area contributed by atoms with Gasteiger partial charge in [0.1, 0.15) is 0 Å². The highest BCUT2D eigenvalue weighted by Gasteiger charge is 2.22. The van der Waals surface area contributed by atoms with Crippen molar-refractivity contribution in [1.29, 1.82) is 0 Å². The summed E-state index contributed by atoms with van der Waals surface area (Å²) >= 11 is 1.95. The molecule has 1 aliphatic rings. The molecular weight excluding hydrogens is 635 g/mol. The van der Waals surface area contributed by atoms with Gasteiger partial charge in [0.15, 0.2) is 0 Å². The van der Waals surface area contributed by atoms with Crippen LogP contribution in [0.1, 0.15) is 12.5 Å². The van der Waals surface area contributed by atoms with Gasteiger partial charge in [0.05, 0.1) is 0 Å². The molecule has 2 heterocycles. The van der Waals surface area contributed by atoms with Crippen LogP contribution in [0, 0.1) is 0 Å². The first-order chi connectivity index (χ1) is 25.2. The predicted octanol–water partition coefficient (Wildman–Crippen LogP) is 13.7. The Morgan fingerprint density at radius 1 is 0.490 bits per heavy atom. The van der Waals surface area contributed by atoms with Crippen LogP contribution in [0.15, 0.2) is 181 Å². The van der Waals surface area contributed by atoms with Gasteiger partial charge in [-0.15, -0.1) is 11.8 Å². The van der Waals surface area contributed by atoms with Crippen molar-refractivity contribution in [3.8, 4) is 22.3 Å². The van der Waals surface area contributed by atoms with E-state index in [0.717, 1.165) is 6.54 Å². The molecule has 2 heteroatoms. The van der Waals surface area contributed by atoms with E-state index in [0.29, 0.717) is 5.25 Å².